The van der Waals surface area contributed by atoms with Gasteiger partial charge in [0.25, 0.3) is 0 Å². The van der Waals surface area contributed by atoms with Crippen molar-refractivity contribution in [3.05, 3.63) is 40.0 Å². The van der Waals surface area contributed by atoms with E-state index >= 15 is 0 Å². The third kappa shape index (κ3) is 2.89. The lowest BCUT2D eigenvalue weighted by molar-refractivity contribution is 0.628. The third-order valence-electron chi connectivity index (χ3n) is 1.76. The van der Waals surface area contributed by atoms with Crippen molar-refractivity contribution in [1.82, 2.24) is 0 Å². The van der Waals surface area contributed by atoms with Gasteiger partial charge >= 0.3 is 0 Å². The lowest BCUT2D eigenvalue weighted by atomic mass is 10.1. The minimum atomic E-state index is -0.454. The van der Waals surface area contributed by atoms with E-state index in [4.69, 9.17) is 17.0 Å². The van der Waals surface area contributed by atoms with Crippen molar-refractivity contribution in [2.24, 2.45) is 5.11 Å². The van der Waals surface area contributed by atoms with Crippen LogP contribution in [0.25, 0.3) is 16.5 Å². The van der Waals surface area contributed by atoms with Crippen molar-refractivity contribution in [2.45, 2.75) is 0 Å². The summed E-state index contributed by atoms with van der Waals surface area (Å²) < 4.78 is 12.9. The molecule has 0 spiro atoms. The van der Waals surface area contributed by atoms with Crippen LogP contribution in [0.3, 0.4) is 0 Å². The summed E-state index contributed by atoms with van der Waals surface area (Å²) in [5.41, 5.74) is 20.1. The van der Waals surface area contributed by atoms with Gasteiger partial charge in [0.15, 0.2) is 0 Å². The highest BCUT2D eigenvalue weighted by Gasteiger charge is 2.02. The Morgan fingerprint density at radius 1 is 1.47 bits per heavy atom. The SMILES string of the molecule is [N-]=[N+]=NCC=Cc1cc(F)cc(N)c1N. The molecule has 0 aliphatic carbocycles. The maximum Gasteiger partial charge on any atom is 0.126 e. The molecule has 1 rings (SSSR count). The molecule has 1 aromatic carbocycles. The minimum Gasteiger partial charge on any atom is -0.397 e. The van der Waals surface area contributed by atoms with E-state index in [2.05, 4.69) is 10.0 Å². The molecule has 0 unspecified atom stereocenters. The van der Waals surface area contributed by atoms with E-state index in [1.807, 2.05) is 0 Å². The van der Waals surface area contributed by atoms with E-state index in [0.29, 0.717) is 11.3 Å². The molecule has 0 fully saturated rings. The minimum absolute atomic E-state index is 0.187. The van der Waals surface area contributed by atoms with Crippen molar-refractivity contribution in [1.29, 1.82) is 0 Å². The molecule has 0 amide bonds. The number of anilines is 2. The molecular weight excluding hydrogens is 197 g/mol. The summed E-state index contributed by atoms with van der Waals surface area (Å²) >= 11 is 0. The molecule has 15 heavy (non-hydrogen) atoms. The summed E-state index contributed by atoms with van der Waals surface area (Å²) in [6.45, 7) is 0.187. The number of nitrogen functional groups attached to an aromatic ring is 2. The summed E-state index contributed by atoms with van der Waals surface area (Å²) in [5.74, 6) is -0.454. The lowest BCUT2D eigenvalue weighted by Gasteiger charge is -2.04. The quantitative estimate of drug-likeness (QED) is 0.344. The summed E-state index contributed by atoms with van der Waals surface area (Å²) in [4.78, 5) is 2.57. The van der Waals surface area contributed by atoms with E-state index < -0.39 is 5.82 Å². The molecule has 0 atom stereocenters. The first-order valence-corrected chi connectivity index (χ1v) is 4.17. The van der Waals surface area contributed by atoms with Gasteiger partial charge in [0.05, 0.1) is 11.4 Å². The van der Waals surface area contributed by atoms with Crippen LogP contribution in [0.15, 0.2) is 23.3 Å². The van der Waals surface area contributed by atoms with Crippen LogP contribution < -0.4 is 11.5 Å². The Bertz CT molecular complexity index is 434. The molecule has 78 valence electrons. The highest BCUT2D eigenvalue weighted by Crippen LogP contribution is 2.22. The molecule has 0 heterocycles. The van der Waals surface area contributed by atoms with E-state index in [1.165, 1.54) is 6.07 Å². The van der Waals surface area contributed by atoms with Crippen LogP contribution in [0.2, 0.25) is 0 Å². The molecule has 5 nitrogen and oxygen atoms in total. The fourth-order valence-corrected chi connectivity index (χ4v) is 1.06. The van der Waals surface area contributed by atoms with Gasteiger partial charge in [-0.2, -0.15) is 0 Å². The zero-order valence-corrected chi connectivity index (χ0v) is 7.89. The number of halogens is 1. The monoisotopic (exact) mass is 207 g/mol. The molecule has 0 aromatic heterocycles. The molecule has 1 aromatic rings. The Hall–Kier alpha value is -2.20. The summed E-state index contributed by atoms with van der Waals surface area (Å²) in [6.07, 6.45) is 3.13. The zero-order valence-electron chi connectivity index (χ0n) is 7.89. The van der Waals surface area contributed by atoms with Crippen LogP contribution >= 0.6 is 0 Å². The van der Waals surface area contributed by atoms with Gasteiger partial charge < -0.3 is 11.5 Å². The molecule has 0 saturated heterocycles. The average Bonchev–Trinajstić information content (AvgIpc) is 2.19. The molecule has 0 bridgehead atoms. The molecule has 0 saturated carbocycles. The van der Waals surface area contributed by atoms with Crippen molar-refractivity contribution in [2.75, 3.05) is 18.0 Å². The zero-order chi connectivity index (χ0) is 11.3. The van der Waals surface area contributed by atoms with Gasteiger partial charge in [-0.25, -0.2) is 4.39 Å². The second-order valence-corrected chi connectivity index (χ2v) is 2.81. The molecule has 0 radical (unpaired) electrons. The number of azide groups is 1. The van der Waals surface area contributed by atoms with Crippen molar-refractivity contribution < 1.29 is 4.39 Å². The number of hydrogen-bond acceptors (Lipinski definition) is 3. The van der Waals surface area contributed by atoms with Crippen molar-refractivity contribution in [3.63, 3.8) is 0 Å². The Balaban J connectivity index is 2.94. The highest BCUT2D eigenvalue weighted by molar-refractivity contribution is 5.75. The molecule has 6 heteroatoms. The number of benzene rings is 1. The van der Waals surface area contributed by atoms with E-state index in [0.717, 1.165) is 6.07 Å². The van der Waals surface area contributed by atoms with Crippen LogP contribution in [0.5, 0.6) is 0 Å². The van der Waals surface area contributed by atoms with Crippen LogP contribution in [-0.4, -0.2) is 6.54 Å². The first kappa shape index (κ1) is 10.9. The maximum absolute atomic E-state index is 12.9. The fourth-order valence-electron chi connectivity index (χ4n) is 1.06. The van der Waals surface area contributed by atoms with E-state index in [9.17, 15) is 4.39 Å². The largest absolute Gasteiger partial charge is 0.397 e. The Labute approximate surface area is 85.8 Å². The second kappa shape index (κ2) is 4.88. The predicted octanol–water partition coefficient (Wildman–Crippen LogP) is 2.31. The summed E-state index contributed by atoms with van der Waals surface area (Å²) in [6, 6.07) is 2.42. The van der Waals surface area contributed by atoms with Gasteiger partial charge in [0.1, 0.15) is 5.82 Å². The van der Waals surface area contributed by atoms with Gasteiger partial charge in [0, 0.05) is 17.0 Å². The first-order valence-electron chi connectivity index (χ1n) is 4.17. The molecule has 0 aliphatic rings. The number of rotatable bonds is 3. The molecule has 0 aliphatic heterocycles. The normalized spacial score (nSPS) is 10.2. The number of nitrogens with two attached hydrogens (primary N) is 2. The maximum atomic E-state index is 12.9. The summed E-state index contributed by atoms with van der Waals surface area (Å²) in [7, 11) is 0. The van der Waals surface area contributed by atoms with E-state index in [1.54, 1.807) is 12.2 Å². The van der Waals surface area contributed by atoms with Crippen molar-refractivity contribution >= 4 is 17.5 Å². The topological polar surface area (TPSA) is 101 Å². The fraction of sp³-hybridized carbons (Fsp3) is 0.111. The van der Waals surface area contributed by atoms with Crippen molar-refractivity contribution in [3.8, 4) is 0 Å². The average molecular weight is 207 g/mol. The van der Waals surface area contributed by atoms with E-state index in [-0.39, 0.29) is 12.2 Å². The highest BCUT2D eigenvalue weighted by atomic mass is 19.1. The van der Waals surface area contributed by atoms with Gasteiger partial charge in [-0.15, -0.1) is 0 Å². The lowest BCUT2D eigenvalue weighted by Crippen LogP contribution is -1.98. The summed E-state index contributed by atoms with van der Waals surface area (Å²) in [5, 5.41) is 3.29. The van der Waals surface area contributed by atoms with Gasteiger partial charge in [-0.1, -0.05) is 17.3 Å². The molecular formula is C9H10FN5. The third-order valence-corrected chi connectivity index (χ3v) is 1.76. The first-order chi connectivity index (χ1) is 7.15. The standard InChI is InChI=1S/C9H10FN5/c10-7-4-6(2-1-3-14-15-13)9(12)8(11)5-7/h1-2,4-5H,3,11-12H2. The van der Waals surface area contributed by atoms with Gasteiger partial charge in [-0.3, -0.25) is 0 Å². The van der Waals surface area contributed by atoms with Gasteiger partial charge in [-0.05, 0) is 17.7 Å². The van der Waals surface area contributed by atoms with Crippen LogP contribution in [-0.2, 0) is 0 Å². The Morgan fingerprint density at radius 2 is 2.20 bits per heavy atom. The Kier molecular flexibility index (Phi) is 3.54. The van der Waals surface area contributed by atoms with Crippen LogP contribution in [0.4, 0.5) is 15.8 Å². The van der Waals surface area contributed by atoms with Crippen LogP contribution in [0.1, 0.15) is 5.56 Å². The Morgan fingerprint density at radius 3 is 2.87 bits per heavy atom. The predicted molar refractivity (Wildman–Crippen MR) is 58.3 cm³/mol. The van der Waals surface area contributed by atoms with Gasteiger partial charge in [0.2, 0.25) is 0 Å². The number of nitrogens with zero attached hydrogens (tertiary/aromatic N) is 3. The number of hydrogen-bond donors (Lipinski definition) is 2. The van der Waals surface area contributed by atoms with Crippen LogP contribution in [0, 0.1) is 5.82 Å². The smallest absolute Gasteiger partial charge is 0.126 e. The molecule has 4 N–H and O–H groups in total. The second-order valence-electron chi connectivity index (χ2n) is 2.81.